The molecular weight excluding hydrogens is 372 g/mol. The summed E-state index contributed by atoms with van der Waals surface area (Å²) in [5, 5.41) is 8.25. The lowest BCUT2D eigenvalue weighted by molar-refractivity contribution is 0.601. The first kappa shape index (κ1) is 19.8. The van der Waals surface area contributed by atoms with E-state index in [-0.39, 0.29) is 10.7 Å². The maximum absolute atomic E-state index is 12.5. The van der Waals surface area contributed by atoms with Gasteiger partial charge in [0.1, 0.15) is 0 Å². The van der Waals surface area contributed by atoms with Gasteiger partial charge in [0.15, 0.2) is 11.6 Å². The van der Waals surface area contributed by atoms with Gasteiger partial charge in [-0.1, -0.05) is 49.4 Å². The molecule has 0 amide bonds. The lowest BCUT2D eigenvalue weighted by Crippen LogP contribution is -2.23. The second-order valence-corrected chi connectivity index (χ2v) is 8.06. The fraction of sp³-hybridized carbons (Fsp3) is 0.238. The first-order valence-electron chi connectivity index (χ1n) is 9.26. The maximum atomic E-state index is 12.5. The molecule has 28 heavy (non-hydrogen) atoms. The van der Waals surface area contributed by atoms with Crippen molar-refractivity contribution in [2.75, 3.05) is 16.2 Å². The van der Waals surface area contributed by atoms with E-state index >= 15 is 0 Å². The molecule has 3 rings (SSSR count). The minimum atomic E-state index is -3.69. The molecule has 1 N–H and O–H groups in total. The van der Waals surface area contributed by atoms with Gasteiger partial charge in [0.2, 0.25) is 0 Å². The highest BCUT2D eigenvalue weighted by Gasteiger charge is 2.15. The van der Waals surface area contributed by atoms with Crippen LogP contribution >= 0.6 is 0 Å². The standard InChI is InChI=1S/C21H24N4O2S/c1-3-17-10-12-19(13-11-17)28(26,27)24-20-14-15-21(23-22-20)25(4-2)16-18-8-6-5-7-9-18/h5-15H,3-4,16H2,1-2H3,(H,22,24). The summed E-state index contributed by atoms with van der Waals surface area (Å²) >= 11 is 0. The van der Waals surface area contributed by atoms with E-state index in [0.717, 1.165) is 18.5 Å². The van der Waals surface area contributed by atoms with Crippen LogP contribution in [-0.2, 0) is 23.0 Å². The normalized spacial score (nSPS) is 11.2. The molecular formula is C21H24N4O2S. The van der Waals surface area contributed by atoms with E-state index in [2.05, 4.69) is 32.0 Å². The quantitative estimate of drug-likeness (QED) is 0.626. The van der Waals surface area contributed by atoms with Crippen molar-refractivity contribution < 1.29 is 8.42 Å². The first-order valence-corrected chi connectivity index (χ1v) is 10.7. The third kappa shape index (κ3) is 4.86. The van der Waals surface area contributed by atoms with Crippen LogP contribution in [0, 0.1) is 0 Å². The number of rotatable bonds is 8. The Labute approximate surface area is 166 Å². The van der Waals surface area contributed by atoms with Crippen molar-refractivity contribution in [3.8, 4) is 0 Å². The summed E-state index contributed by atoms with van der Waals surface area (Å²) in [5.74, 6) is 0.890. The highest BCUT2D eigenvalue weighted by atomic mass is 32.2. The first-order chi connectivity index (χ1) is 13.5. The summed E-state index contributed by atoms with van der Waals surface area (Å²) in [5.41, 5.74) is 2.26. The predicted molar refractivity (Wildman–Crippen MR) is 112 cm³/mol. The van der Waals surface area contributed by atoms with Crippen molar-refractivity contribution >= 4 is 21.7 Å². The van der Waals surface area contributed by atoms with Gasteiger partial charge in [0, 0.05) is 13.1 Å². The van der Waals surface area contributed by atoms with Crippen molar-refractivity contribution in [1.29, 1.82) is 0 Å². The van der Waals surface area contributed by atoms with E-state index in [9.17, 15) is 8.42 Å². The number of aryl methyl sites for hydroxylation is 1. The van der Waals surface area contributed by atoms with Gasteiger partial charge in [-0.25, -0.2) is 8.42 Å². The zero-order valence-corrected chi connectivity index (χ0v) is 16.9. The van der Waals surface area contributed by atoms with Crippen molar-refractivity contribution in [1.82, 2.24) is 10.2 Å². The molecule has 0 saturated carbocycles. The fourth-order valence-corrected chi connectivity index (χ4v) is 3.80. The summed E-state index contributed by atoms with van der Waals surface area (Å²) in [4.78, 5) is 2.28. The zero-order valence-electron chi connectivity index (χ0n) is 16.0. The number of anilines is 2. The molecule has 0 aliphatic carbocycles. The average molecular weight is 397 g/mol. The molecule has 0 bridgehead atoms. The Kier molecular flexibility index (Phi) is 6.26. The number of hydrogen-bond donors (Lipinski definition) is 1. The maximum Gasteiger partial charge on any atom is 0.263 e. The average Bonchev–Trinajstić information content (AvgIpc) is 2.73. The van der Waals surface area contributed by atoms with Crippen LogP contribution in [0.1, 0.15) is 25.0 Å². The molecule has 0 aliphatic heterocycles. The molecule has 0 spiro atoms. The third-order valence-electron chi connectivity index (χ3n) is 4.45. The molecule has 0 aliphatic rings. The number of nitrogens with zero attached hydrogens (tertiary/aromatic N) is 3. The van der Waals surface area contributed by atoms with Crippen molar-refractivity contribution in [3.63, 3.8) is 0 Å². The van der Waals surface area contributed by atoms with E-state index in [1.807, 2.05) is 44.2 Å². The second kappa shape index (κ2) is 8.84. The Hall–Kier alpha value is -2.93. The van der Waals surface area contributed by atoms with Crippen LogP contribution in [-0.4, -0.2) is 25.2 Å². The Bertz CT molecular complexity index is 989. The largest absolute Gasteiger partial charge is 0.351 e. The third-order valence-corrected chi connectivity index (χ3v) is 5.82. The van der Waals surface area contributed by atoms with Crippen LogP contribution in [0.4, 0.5) is 11.6 Å². The zero-order chi connectivity index (χ0) is 20.0. The Morgan fingerprint density at radius 3 is 2.14 bits per heavy atom. The van der Waals surface area contributed by atoms with E-state index in [4.69, 9.17) is 0 Å². The molecule has 6 nitrogen and oxygen atoms in total. The molecule has 1 heterocycles. The van der Waals surface area contributed by atoms with Crippen LogP contribution in [0.5, 0.6) is 0 Å². The van der Waals surface area contributed by atoms with Gasteiger partial charge in [-0.3, -0.25) is 4.72 Å². The monoisotopic (exact) mass is 396 g/mol. The van der Waals surface area contributed by atoms with Gasteiger partial charge in [0.25, 0.3) is 10.0 Å². The molecule has 1 aromatic heterocycles. The number of aromatic nitrogens is 2. The lowest BCUT2D eigenvalue weighted by Gasteiger charge is -2.21. The van der Waals surface area contributed by atoms with Gasteiger partial charge in [0.05, 0.1) is 4.90 Å². The minimum absolute atomic E-state index is 0.194. The van der Waals surface area contributed by atoms with E-state index in [0.29, 0.717) is 12.4 Å². The van der Waals surface area contributed by atoms with Crippen LogP contribution in [0.25, 0.3) is 0 Å². The molecule has 0 atom stereocenters. The van der Waals surface area contributed by atoms with Gasteiger partial charge >= 0.3 is 0 Å². The number of nitrogens with one attached hydrogen (secondary N) is 1. The molecule has 0 radical (unpaired) electrons. The Balaban J connectivity index is 1.72. The number of sulfonamides is 1. The van der Waals surface area contributed by atoms with Gasteiger partial charge in [-0.15, -0.1) is 10.2 Å². The van der Waals surface area contributed by atoms with Gasteiger partial charge < -0.3 is 4.90 Å². The highest BCUT2D eigenvalue weighted by molar-refractivity contribution is 7.92. The molecule has 0 saturated heterocycles. The van der Waals surface area contributed by atoms with Gasteiger partial charge in [-0.2, -0.15) is 0 Å². The summed E-state index contributed by atoms with van der Waals surface area (Å²) in [7, 11) is -3.69. The Morgan fingerprint density at radius 2 is 1.57 bits per heavy atom. The van der Waals surface area contributed by atoms with Crippen molar-refractivity contribution in [3.05, 3.63) is 77.9 Å². The summed E-state index contributed by atoms with van der Waals surface area (Å²) in [6, 6.07) is 20.3. The fourth-order valence-electron chi connectivity index (χ4n) is 2.81. The SMILES string of the molecule is CCc1ccc(S(=O)(=O)Nc2ccc(N(CC)Cc3ccccc3)nn2)cc1. The Morgan fingerprint density at radius 1 is 0.857 bits per heavy atom. The minimum Gasteiger partial charge on any atom is -0.351 e. The topological polar surface area (TPSA) is 75.2 Å². The summed E-state index contributed by atoms with van der Waals surface area (Å²) in [6.45, 7) is 5.54. The highest BCUT2D eigenvalue weighted by Crippen LogP contribution is 2.18. The van der Waals surface area contributed by atoms with E-state index in [1.165, 1.54) is 5.56 Å². The second-order valence-electron chi connectivity index (χ2n) is 6.38. The lowest BCUT2D eigenvalue weighted by atomic mass is 10.2. The smallest absolute Gasteiger partial charge is 0.263 e. The van der Waals surface area contributed by atoms with Gasteiger partial charge in [-0.05, 0) is 48.7 Å². The van der Waals surface area contributed by atoms with Crippen LogP contribution in [0.3, 0.4) is 0 Å². The summed E-state index contributed by atoms with van der Waals surface area (Å²) in [6.07, 6.45) is 0.859. The molecule has 7 heteroatoms. The van der Waals surface area contributed by atoms with E-state index < -0.39 is 10.0 Å². The van der Waals surface area contributed by atoms with E-state index in [1.54, 1.807) is 24.3 Å². The van der Waals surface area contributed by atoms with Crippen molar-refractivity contribution in [2.45, 2.75) is 31.7 Å². The molecule has 0 unspecified atom stereocenters. The van der Waals surface area contributed by atoms with Crippen molar-refractivity contribution in [2.24, 2.45) is 0 Å². The van der Waals surface area contributed by atoms with Crippen LogP contribution < -0.4 is 9.62 Å². The molecule has 0 fully saturated rings. The molecule has 3 aromatic rings. The summed E-state index contributed by atoms with van der Waals surface area (Å²) < 4.78 is 27.5. The number of hydrogen-bond acceptors (Lipinski definition) is 5. The van der Waals surface area contributed by atoms with Crippen LogP contribution in [0.15, 0.2) is 71.6 Å². The predicted octanol–water partition coefficient (Wildman–Crippen LogP) is 3.87. The van der Waals surface area contributed by atoms with Crippen LogP contribution in [0.2, 0.25) is 0 Å². The molecule has 2 aromatic carbocycles. The number of benzene rings is 2. The molecule has 146 valence electrons.